The lowest BCUT2D eigenvalue weighted by molar-refractivity contribution is -0.137. The Kier molecular flexibility index (Phi) is 5.37. The summed E-state index contributed by atoms with van der Waals surface area (Å²) < 4.78 is 51.5. The van der Waals surface area contributed by atoms with Crippen molar-refractivity contribution >= 4 is 0 Å². The molecule has 1 nitrogen and oxygen atoms in total. The number of rotatable bonds is 4. The minimum atomic E-state index is -4.47. The van der Waals surface area contributed by atoms with Gasteiger partial charge in [-0.25, -0.2) is 4.39 Å². The van der Waals surface area contributed by atoms with Crippen LogP contribution in [-0.2, 0) is 6.18 Å². The van der Waals surface area contributed by atoms with Gasteiger partial charge in [0.05, 0.1) is 5.56 Å². The van der Waals surface area contributed by atoms with Crippen LogP contribution < -0.4 is 5.32 Å². The summed E-state index contributed by atoms with van der Waals surface area (Å²) in [7, 11) is 1.59. The van der Waals surface area contributed by atoms with Crippen LogP contribution in [0.4, 0.5) is 17.6 Å². The Morgan fingerprint density at radius 1 is 1.32 bits per heavy atom. The van der Waals surface area contributed by atoms with Gasteiger partial charge < -0.3 is 5.32 Å². The van der Waals surface area contributed by atoms with E-state index in [2.05, 4.69) is 17.2 Å². The Bertz CT molecular complexity index is 482. The highest BCUT2D eigenvalue weighted by Gasteiger charge is 2.31. The summed E-state index contributed by atoms with van der Waals surface area (Å²) in [6.45, 7) is 1.68. The minimum Gasteiger partial charge on any atom is -0.313 e. The summed E-state index contributed by atoms with van der Waals surface area (Å²) in [6.07, 6.45) is -3.52. The van der Waals surface area contributed by atoms with Gasteiger partial charge in [-0.1, -0.05) is 0 Å². The molecule has 0 heterocycles. The molecule has 1 atom stereocenters. The van der Waals surface area contributed by atoms with Gasteiger partial charge in [0.15, 0.2) is 0 Å². The SMILES string of the molecule is CC#CCCC(NC)c1cc(C(F)(F)F)ccc1F. The van der Waals surface area contributed by atoms with Crippen molar-refractivity contribution in [1.82, 2.24) is 5.32 Å². The second kappa shape index (κ2) is 6.58. The third-order valence-electron chi connectivity index (χ3n) is 2.78. The van der Waals surface area contributed by atoms with E-state index in [1.165, 1.54) is 0 Å². The van der Waals surface area contributed by atoms with Crippen molar-refractivity contribution < 1.29 is 17.6 Å². The van der Waals surface area contributed by atoms with E-state index in [9.17, 15) is 17.6 Å². The molecule has 0 radical (unpaired) electrons. The maximum Gasteiger partial charge on any atom is 0.416 e. The summed E-state index contributed by atoms with van der Waals surface area (Å²) in [5, 5.41) is 2.82. The quantitative estimate of drug-likeness (QED) is 0.648. The molecule has 0 spiro atoms. The van der Waals surface area contributed by atoms with Crippen LogP contribution in [-0.4, -0.2) is 7.05 Å². The predicted octanol–water partition coefficient (Wildman–Crippen LogP) is 3.91. The normalized spacial score (nSPS) is 12.7. The van der Waals surface area contributed by atoms with Crippen molar-refractivity contribution in [2.24, 2.45) is 0 Å². The third-order valence-corrected chi connectivity index (χ3v) is 2.78. The number of alkyl halides is 3. The highest BCUT2D eigenvalue weighted by molar-refractivity contribution is 5.29. The zero-order chi connectivity index (χ0) is 14.5. The van der Waals surface area contributed by atoms with Gasteiger partial charge in [-0.3, -0.25) is 0 Å². The van der Waals surface area contributed by atoms with Gasteiger partial charge in [-0.15, -0.1) is 11.8 Å². The molecule has 1 aromatic carbocycles. The first-order valence-electron chi connectivity index (χ1n) is 5.83. The molecule has 0 saturated carbocycles. The van der Waals surface area contributed by atoms with E-state index in [0.29, 0.717) is 12.8 Å². The standard InChI is InChI=1S/C14H15F4N/c1-3-4-5-6-13(19-2)11-9-10(14(16,17)18)7-8-12(11)15/h7-9,13,19H,5-6H2,1-2H3. The molecule has 0 aliphatic carbocycles. The Morgan fingerprint density at radius 2 is 2.00 bits per heavy atom. The first-order valence-corrected chi connectivity index (χ1v) is 5.83. The highest BCUT2D eigenvalue weighted by atomic mass is 19.4. The lowest BCUT2D eigenvalue weighted by Crippen LogP contribution is -2.18. The Hall–Kier alpha value is -1.54. The second-order valence-electron chi connectivity index (χ2n) is 4.04. The van der Waals surface area contributed by atoms with E-state index in [-0.39, 0.29) is 5.56 Å². The van der Waals surface area contributed by atoms with E-state index in [4.69, 9.17) is 0 Å². The van der Waals surface area contributed by atoms with Crippen molar-refractivity contribution in [2.75, 3.05) is 7.05 Å². The minimum absolute atomic E-state index is 0.0234. The number of halogens is 4. The molecule has 5 heteroatoms. The average Bonchev–Trinajstić information content (AvgIpc) is 2.34. The Balaban J connectivity index is 3.04. The summed E-state index contributed by atoms with van der Waals surface area (Å²) >= 11 is 0. The van der Waals surface area contributed by atoms with Crippen LogP contribution in [0, 0.1) is 17.7 Å². The van der Waals surface area contributed by atoms with Crippen LogP contribution in [0.3, 0.4) is 0 Å². The Labute approximate surface area is 110 Å². The average molecular weight is 273 g/mol. The van der Waals surface area contributed by atoms with Crippen molar-refractivity contribution in [2.45, 2.75) is 32.0 Å². The fourth-order valence-electron chi connectivity index (χ4n) is 1.78. The van der Waals surface area contributed by atoms with E-state index >= 15 is 0 Å². The van der Waals surface area contributed by atoms with E-state index < -0.39 is 23.6 Å². The number of nitrogens with one attached hydrogen (secondary N) is 1. The summed E-state index contributed by atoms with van der Waals surface area (Å²) in [6, 6.07) is 1.98. The molecule has 104 valence electrons. The molecule has 1 aromatic rings. The molecule has 0 fully saturated rings. The van der Waals surface area contributed by atoms with Gasteiger partial charge >= 0.3 is 6.18 Å². The van der Waals surface area contributed by atoms with Crippen LogP contribution in [0.5, 0.6) is 0 Å². The molecule has 0 amide bonds. The number of hydrogen-bond acceptors (Lipinski definition) is 1. The molecular weight excluding hydrogens is 258 g/mol. The molecule has 0 aromatic heterocycles. The predicted molar refractivity (Wildman–Crippen MR) is 65.9 cm³/mol. The van der Waals surface area contributed by atoms with E-state index in [1.807, 2.05) is 0 Å². The van der Waals surface area contributed by atoms with Crippen LogP contribution in [0.2, 0.25) is 0 Å². The van der Waals surface area contributed by atoms with Crippen molar-refractivity contribution in [3.8, 4) is 11.8 Å². The van der Waals surface area contributed by atoms with Crippen molar-refractivity contribution in [3.05, 3.63) is 35.1 Å². The van der Waals surface area contributed by atoms with Gasteiger partial charge in [0.25, 0.3) is 0 Å². The number of hydrogen-bond donors (Lipinski definition) is 1. The smallest absolute Gasteiger partial charge is 0.313 e. The zero-order valence-corrected chi connectivity index (χ0v) is 10.7. The first-order chi connectivity index (χ1) is 8.90. The molecule has 0 aliphatic rings. The molecule has 1 unspecified atom stereocenters. The number of benzene rings is 1. The van der Waals surface area contributed by atoms with Crippen LogP contribution in [0.15, 0.2) is 18.2 Å². The molecule has 0 aliphatic heterocycles. The fourth-order valence-corrected chi connectivity index (χ4v) is 1.78. The summed E-state index contributed by atoms with van der Waals surface area (Å²) in [5.74, 6) is 4.87. The van der Waals surface area contributed by atoms with Gasteiger partial charge in [0.2, 0.25) is 0 Å². The van der Waals surface area contributed by atoms with Gasteiger partial charge in [-0.2, -0.15) is 13.2 Å². The lowest BCUT2D eigenvalue weighted by atomic mass is 9.99. The largest absolute Gasteiger partial charge is 0.416 e. The molecule has 0 bridgehead atoms. The summed E-state index contributed by atoms with van der Waals surface area (Å²) in [5.41, 5.74) is -0.819. The Morgan fingerprint density at radius 3 is 2.53 bits per heavy atom. The monoisotopic (exact) mass is 273 g/mol. The third kappa shape index (κ3) is 4.25. The highest BCUT2D eigenvalue weighted by Crippen LogP contribution is 2.32. The van der Waals surface area contributed by atoms with Crippen molar-refractivity contribution in [1.29, 1.82) is 0 Å². The van der Waals surface area contributed by atoms with Gasteiger partial charge in [0.1, 0.15) is 5.82 Å². The lowest BCUT2D eigenvalue weighted by Gasteiger charge is -2.18. The first kappa shape index (κ1) is 15.5. The van der Waals surface area contributed by atoms with Crippen LogP contribution in [0.25, 0.3) is 0 Å². The fraction of sp³-hybridized carbons (Fsp3) is 0.429. The topological polar surface area (TPSA) is 12.0 Å². The second-order valence-corrected chi connectivity index (χ2v) is 4.04. The molecule has 1 rings (SSSR count). The van der Waals surface area contributed by atoms with Gasteiger partial charge in [0, 0.05) is 18.0 Å². The molecule has 1 N–H and O–H groups in total. The van der Waals surface area contributed by atoms with E-state index in [0.717, 1.165) is 18.2 Å². The van der Waals surface area contributed by atoms with Gasteiger partial charge in [-0.05, 0) is 38.6 Å². The molecule has 19 heavy (non-hydrogen) atoms. The van der Waals surface area contributed by atoms with E-state index in [1.54, 1.807) is 14.0 Å². The van der Waals surface area contributed by atoms with Crippen LogP contribution >= 0.6 is 0 Å². The maximum atomic E-state index is 13.7. The molecular formula is C14H15F4N. The van der Waals surface area contributed by atoms with Crippen LogP contribution in [0.1, 0.15) is 36.9 Å². The maximum absolute atomic E-state index is 13.7. The summed E-state index contributed by atoms with van der Waals surface area (Å²) in [4.78, 5) is 0. The van der Waals surface area contributed by atoms with Crippen molar-refractivity contribution in [3.63, 3.8) is 0 Å². The zero-order valence-electron chi connectivity index (χ0n) is 10.7. The molecule has 0 saturated heterocycles.